The molecule has 2 aliphatic rings. The maximum Gasteiger partial charge on any atom is 0.407 e. The number of ether oxygens (including phenoxy) is 1. The van der Waals surface area contributed by atoms with Crippen LogP contribution in [0.25, 0.3) is 10.9 Å². The van der Waals surface area contributed by atoms with Crippen LogP contribution >= 0.6 is 0 Å². The van der Waals surface area contributed by atoms with Gasteiger partial charge in [0.1, 0.15) is 5.39 Å². The van der Waals surface area contributed by atoms with Gasteiger partial charge in [0, 0.05) is 37.1 Å². The first-order valence-electron chi connectivity index (χ1n) is 13.4. The number of amides is 2. The van der Waals surface area contributed by atoms with E-state index in [4.69, 9.17) is 9.84 Å². The van der Waals surface area contributed by atoms with E-state index in [9.17, 15) is 19.5 Å². The highest BCUT2D eigenvalue weighted by atomic mass is 16.5. The van der Waals surface area contributed by atoms with Gasteiger partial charge in [-0.1, -0.05) is 6.92 Å². The first-order chi connectivity index (χ1) is 18.6. The lowest BCUT2D eigenvalue weighted by molar-refractivity contribution is -0.0370. The summed E-state index contributed by atoms with van der Waals surface area (Å²) in [4.78, 5) is 43.9. The van der Waals surface area contributed by atoms with Crippen LogP contribution in [0.5, 0.6) is 0 Å². The molecule has 2 amide bonds. The van der Waals surface area contributed by atoms with Crippen LogP contribution in [0, 0.1) is 6.92 Å². The maximum absolute atomic E-state index is 13.4. The Balaban J connectivity index is 1.47. The number of hydrogen-bond donors (Lipinski definition) is 3. The lowest BCUT2D eigenvalue weighted by Gasteiger charge is -2.42. The van der Waals surface area contributed by atoms with Crippen molar-refractivity contribution >= 4 is 34.4 Å². The molecular formula is C28H36N6O5. The molecule has 11 heteroatoms. The third-order valence-corrected chi connectivity index (χ3v) is 8.29. The summed E-state index contributed by atoms with van der Waals surface area (Å²) in [5, 5.41) is 18.1. The summed E-state index contributed by atoms with van der Waals surface area (Å²) in [6.45, 7) is 10.3. The van der Waals surface area contributed by atoms with Crippen molar-refractivity contribution in [2.24, 2.45) is 0 Å². The van der Waals surface area contributed by atoms with Gasteiger partial charge < -0.3 is 29.9 Å². The molecule has 0 atom stereocenters. The SMILES string of the molecule is CCC1(n2nc(Nc3ccc(C(=O)N4CCOCC4(C)C)c(C)c3)c3c(=O)[nH]ccc32)CCN(C(=O)O)CC1. The molecule has 3 N–H and O–H groups in total. The number of fused-ring (bicyclic) bond motifs is 1. The van der Waals surface area contributed by atoms with E-state index in [1.807, 2.05) is 54.6 Å². The number of likely N-dealkylation sites (tertiary alicyclic amines) is 1. The number of nitrogens with one attached hydrogen (secondary N) is 2. The Morgan fingerprint density at radius 3 is 2.56 bits per heavy atom. The van der Waals surface area contributed by atoms with Gasteiger partial charge in [0.05, 0.1) is 29.8 Å². The first kappa shape index (κ1) is 26.7. The number of anilines is 2. The van der Waals surface area contributed by atoms with Crippen LogP contribution in [0.4, 0.5) is 16.3 Å². The second-order valence-electron chi connectivity index (χ2n) is 11.2. The zero-order valence-electron chi connectivity index (χ0n) is 22.9. The van der Waals surface area contributed by atoms with Gasteiger partial charge >= 0.3 is 6.09 Å². The number of nitrogens with zero attached hydrogens (tertiary/aromatic N) is 4. The highest BCUT2D eigenvalue weighted by Crippen LogP contribution is 2.37. The van der Waals surface area contributed by atoms with Crippen molar-refractivity contribution in [1.29, 1.82) is 0 Å². The highest BCUT2D eigenvalue weighted by molar-refractivity contribution is 5.97. The molecule has 2 aliphatic heterocycles. The molecule has 2 fully saturated rings. The zero-order chi connectivity index (χ0) is 27.9. The third kappa shape index (κ3) is 4.75. The van der Waals surface area contributed by atoms with E-state index in [2.05, 4.69) is 17.2 Å². The molecule has 208 valence electrons. The van der Waals surface area contributed by atoms with Gasteiger partial charge in [-0.05, 0) is 69.9 Å². The Bertz CT molecular complexity index is 1470. The number of pyridine rings is 1. The Morgan fingerprint density at radius 2 is 1.92 bits per heavy atom. The fraction of sp³-hybridized carbons (Fsp3) is 0.500. The molecule has 2 aromatic heterocycles. The summed E-state index contributed by atoms with van der Waals surface area (Å²) < 4.78 is 7.48. The predicted molar refractivity (Wildman–Crippen MR) is 148 cm³/mol. The van der Waals surface area contributed by atoms with E-state index >= 15 is 0 Å². The summed E-state index contributed by atoms with van der Waals surface area (Å²) in [6, 6.07) is 7.37. The second kappa shape index (κ2) is 10.0. The topological polar surface area (TPSA) is 133 Å². The van der Waals surface area contributed by atoms with E-state index in [0.717, 1.165) is 12.0 Å². The minimum absolute atomic E-state index is 0.0314. The Hall–Kier alpha value is -3.86. The summed E-state index contributed by atoms with van der Waals surface area (Å²) in [7, 11) is 0. The molecule has 0 bridgehead atoms. The van der Waals surface area contributed by atoms with Crippen molar-refractivity contribution < 1.29 is 19.4 Å². The molecule has 4 heterocycles. The number of piperidine rings is 1. The molecule has 0 aliphatic carbocycles. The monoisotopic (exact) mass is 536 g/mol. The molecule has 2 saturated heterocycles. The fourth-order valence-electron chi connectivity index (χ4n) is 5.85. The minimum atomic E-state index is -0.918. The molecule has 5 rings (SSSR count). The number of carbonyl (C=O) groups excluding carboxylic acids is 1. The number of carbonyl (C=O) groups is 2. The summed E-state index contributed by atoms with van der Waals surface area (Å²) >= 11 is 0. The summed E-state index contributed by atoms with van der Waals surface area (Å²) in [5.41, 5.74) is 1.80. The Morgan fingerprint density at radius 1 is 1.18 bits per heavy atom. The van der Waals surface area contributed by atoms with Crippen LogP contribution in [0.3, 0.4) is 0 Å². The van der Waals surface area contributed by atoms with E-state index in [-0.39, 0.29) is 17.0 Å². The van der Waals surface area contributed by atoms with Gasteiger partial charge in [-0.15, -0.1) is 0 Å². The van der Waals surface area contributed by atoms with Crippen molar-refractivity contribution in [2.75, 3.05) is 38.2 Å². The number of carboxylic acid groups (broad SMARTS) is 1. The number of hydrogen-bond acceptors (Lipinski definition) is 6. The molecule has 1 aromatic carbocycles. The summed E-state index contributed by atoms with van der Waals surface area (Å²) in [5.74, 6) is 0.393. The average Bonchev–Trinajstić information content (AvgIpc) is 3.28. The quantitative estimate of drug-likeness (QED) is 0.450. The normalized spacial score (nSPS) is 18.8. The van der Waals surface area contributed by atoms with Gasteiger partial charge in [0.15, 0.2) is 5.82 Å². The number of rotatable bonds is 5. The molecule has 3 aromatic rings. The van der Waals surface area contributed by atoms with Crippen molar-refractivity contribution in [3.8, 4) is 0 Å². The molecule has 39 heavy (non-hydrogen) atoms. The second-order valence-corrected chi connectivity index (χ2v) is 11.2. The number of aromatic nitrogens is 3. The van der Waals surface area contributed by atoms with Gasteiger partial charge in [0.2, 0.25) is 0 Å². The smallest absolute Gasteiger partial charge is 0.407 e. The molecule has 0 saturated carbocycles. The lowest BCUT2D eigenvalue weighted by atomic mass is 9.85. The van der Waals surface area contributed by atoms with Crippen LogP contribution in [-0.4, -0.2) is 80.1 Å². The van der Waals surface area contributed by atoms with Crippen LogP contribution in [0.1, 0.15) is 56.0 Å². The summed E-state index contributed by atoms with van der Waals surface area (Å²) in [6.07, 6.45) is 2.65. The zero-order valence-corrected chi connectivity index (χ0v) is 22.9. The van der Waals surface area contributed by atoms with Crippen molar-refractivity contribution in [3.63, 3.8) is 0 Å². The van der Waals surface area contributed by atoms with E-state index in [1.165, 1.54) is 4.90 Å². The first-order valence-corrected chi connectivity index (χ1v) is 13.4. The third-order valence-electron chi connectivity index (χ3n) is 8.29. The number of benzene rings is 1. The van der Waals surface area contributed by atoms with Crippen molar-refractivity contribution in [2.45, 2.75) is 58.0 Å². The standard InChI is InChI=1S/C28H36N6O5/c1-5-28(9-12-32(13-10-28)26(37)38)34-21-8-11-29-24(35)22(21)23(31-34)30-19-6-7-20(18(2)16-19)25(36)33-14-15-39-17-27(33,3)4/h6-8,11,16H,5,9-10,12-15,17H2,1-4H3,(H,29,35)(H,30,31)(H,37,38). The molecule has 0 spiro atoms. The predicted octanol–water partition coefficient (Wildman–Crippen LogP) is 3.91. The minimum Gasteiger partial charge on any atom is -0.465 e. The average molecular weight is 537 g/mol. The number of morpholine rings is 1. The number of H-pyrrole nitrogens is 1. The number of aryl methyl sites for hydroxylation is 1. The van der Waals surface area contributed by atoms with Crippen LogP contribution in [-0.2, 0) is 10.3 Å². The van der Waals surface area contributed by atoms with Gasteiger partial charge in [0.25, 0.3) is 11.5 Å². The Kier molecular flexibility index (Phi) is 6.88. The number of aromatic amines is 1. The maximum atomic E-state index is 13.4. The largest absolute Gasteiger partial charge is 0.465 e. The van der Waals surface area contributed by atoms with Gasteiger partial charge in [-0.2, -0.15) is 5.10 Å². The van der Waals surface area contributed by atoms with Crippen LogP contribution < -0.4 is 10.9 Å². The fourth-order valence-corrected chi connectivity index (χ4v) is 5.85. The molecule has 11 nitrogen and oxygen atoms in total. The molecular weight excluding hydrogens is 500 g/mol. The lowest BCUT2D eigenvalue weighted by Crippen LogP contribution is -2.55. The molecule has 0 unspecified atom stereocenters. The highest BCUT2D eigenvalue weighted by Gasteiger charge is 2.39. The van der Waals surface area contributed by atoms with Crippen LogP contribution in [0.2, 0.25) is 0 Å². The van der Waals surface area contributed by atoms with E-state index in [1.54, 1.807) is 6.20 Å². The van der Waals surface area contributed by atoms with E-state index < -0.39 is 11.6 Å². The molecule has 0 radical (unpaired) electrons. The van der Waals surface area contributed by atoms with Gasteiger partial charge in [-0.3, -0.25) is 14.3 Å². The Labute approximate surface area is 226 Å². The van der Waals surface area contributed by atoms with Crippen molar-refractivity contribution in [3.05, 3.63) is 51.9 Å². The van der Waals surface area contributed by atoms with E-state index in [0.29, 0.717) is 73.7 Å². The van der Waals surface area contributed by atoms with Crippen LogP contribution in [0.15, 0.2) is 35.3 Å². The van der Waals surface area contributed by atoms with Gasteiger partial charge in [-0.25, -0.2) is 4.79 Å². The van der Waals surface area contributed by atoms with Crippen molar-refractivity contribution in [1.82, 2.24) is 24.6 Å².